The minimum absolute atomic E-state index is 0.00523. The van der Waals surface area contributed by atoms with Crippen molar-refractivity contribution in [2.45, 2.75) is 0 Å². The maximum Gasteiger partial charge on any atom is 0.522 e. The van der Waals surface area contributed by atoms with Crippen molar-refractivity contribution in [2.75, 3.05) is 0 Å². The summed E-state index contributed by atoms with van der Waals surface area (Å²) in [6, 6.07) is 3.16. The first-order valence-corrected chi connectivity index (χ1v) is 2.78. The topological polar surface area (TPSA) is 68.4 Å². The fourth-order valence-electron chi connectivity index (χ4n) is 0.530. The lowest BCUT2D eigenvalue weighted by Crippen LogP contribution is -2.08. The quantitative estimate of drug-likeness (QED) is 0.387. The fourth-order valence-corrected chi connectivity index (χ4v) is 0.530. The van der Waals surface area contributed by atoms with Crippen molar-refractivity contribution in [1.29, 1.82) is 0 Å². The van der Waals surface area contributed by atoms with Crippen LogP contribution in [0.4, 0.5) is 4.79 Å². The van der Waals surface area contributed by atoms with Gasteiger partial charge in [0, 0.05) is 12.3 Å². The standard InChI is InChI=1S/C6H5NO4/c8-4-10-6(9)11-5-2-1-3-7-5/h1-4,7H. The van der Waals surface area contributed by atoms with E-state index in [1.165, 1.54) is 6.07 Å². The molecule has 5 nitrogen and oxygen atoms in total. The van der Waals surface area contributed by atoms with Crippen LogP contribution >= 0.6 is 0 Å². The number of nitrogens with one attached hydrogen (secondary N) is 1. The van der Waals surface area contributed by atoms with Crippen LogP contribution < -0.4 is 4.74 Å². The van der Waals surface area contributed by atoms with Gasteiger partial charge in [0.25, 0.3) is 0 Å². The van der Waals surface area contributed by atoms with E-state index in [9.17, 15) is 9.59 Å². The largest absolute Gasteiger partial charge is 0.522 e. The lowest BCUT2D eigenvalue weighted by atomic mass is 10.7. The molecule has 0 atom stereocenters. The Morgan fingerprint density at radius 3 is 3.00 bits per heavy atom. The second kappa shape index (κ2) is 3.40. The highest BCUT2D eigenvalue weighted by Gasteiger charge is 2.03. The molecule has 1 heterocycles. The number of aromatic nitrogens is 1. The van der Waals surface area contributed by atoms with Crippen LogP contribution in [-0.2, 0) is 9.53 Å². The number of hydrogen-bond acceptors (Lipinski definition) is 4. The summed E-state index contributed by atoms with van der Waals surface area (Å²) in [5, 5.41) is 0. The van der Waals surface area contributed by atoms with Crippen LogP contribution in [0.3, 0.4) is 0 Å². The van der Waals surface area contributed by atoms with Crippen LogP contribution in [0.15, 0.2) is 18.3 Å². The lowest BCUT2D eigenvalue weighted by Gasteiger charge is -1.95. The molecule has 0 aliphatic heterocycles. The molecule has 0 aromatic carbocycles. The number of carbonyl (C=O) groups is 2. The van der Waals surface area contributed by atoms with E-state index in [0.717, 1.165) is 0 Å². The highest BCUT2D eigenvalue weighted by atomic mass is 16.7. The van der Waals surface area contributed by atoms with Gasteiger partial charge in [0.15, 0.2) is 0 Å². The molecule has 1 rings (SSSR count). The van der Waals surface area contributed by atoms with E-state index in [1.54, 1.807) is 12.3 Å². The Labute approximate surface area is 61.9 Å². The van der Waals surface area contributed by atoms with E-state index in [4.69, 9.17) is 0 Å². The Morgan fingerprint density at radius 2 is 2.45 bits per heavy atom. The molecule has 0 aliphatic rings. The normalized spacial score (nSPS) is 8.73. The summed E-state index contributed by atoms with van der Waals surface area (Å²) in [6.45, 7) is 0.00523. The predicted octanol–water partition coefficient (Wildman–Crippen LogP) is 0.686. The van der Waals surface area contributed by atoms with Crippen molar-refractivity contribution in [3.63, 3.8) is 0 Å². The monoisotopic (exact) mass is 155 g/mol. The zero-order valence-electron chi connectivity index (χ0n) is 5.44. The average molecular weight is 155 g/mol. The molecule has 0 aliphatic carbocycles. The molecule has 0 unspecified atom stereocenters. The molecule has 0 fully saturated rings. The van der Waals surface area contributed by atoms with Crippen LogP contribution in [0.5, 0.6) is 5.88 Å². The Kier molecular flexibility index (Phi) is 2.27. The fraction of sp³-hybridized carbons (Fsp3) is 0. The molecule has 1 aromatic rings. The van der Waals surface area contributed by atoms with Crippen molar-refractivity contribution >= 4 is 12.6 Å². The third-order valence-electron chi connectivity index (χ3n) is 0.907. The van der Waals surface area contributed by atoms with Gasteiger partial charge in [0.1, 0.15) is 0 Å². The van der Waals surface area contributed by atoms with Gasteiger partial charge in [-0.2, -0.15) is 0 Å². The number of H-pyrrole nitrogens is 1. The van der Waals surface area contributed by atoms with Gasteiger partial charge in [-0.3, -0.25) is 4.79 Å². The van der Waals surface area contributed by atoms with E-state index in [0.29, 0.717) is 0 Å². The van der Waals surface area contributed by atoms with Crippen LogP contribution in [0, 0.1) is 0 Å². The average Bonchev–Trinajstić information content (AvgIpc) is 2.40. The number of aromatic amines is 1. The molecule has 1 aromatic heterocycles. The van der Waals surface area contributed by atoms with Crippen molar-refractivity contribution < 1.29 is 19.1 Å². The van der Waals surface area contributed by atoms with Crippen molar-refractivity contribution in [3.8, 4) is 5.88 Å². The van der Waals surface area contributed by atoms with Crippen molar-refractivity contribution in [1.82, 2.24) is 4.98 Å². The van der Waals surface area contributed by atoms with Gasteiger partial charge in [-0.25, -0.2) is 4.79 Å². The molecule has 11 heavy (non-hydrogen) atoms. The van der Waals surface area contributed by atoms with E-state index >= 15 is 0 Å². The smallest absolute Gasteiger partial charge is 0.378 e. The minimum atomic E-state index is -1.05. The summed E-state index contributed by atoms with van der Waals surface area (Å²) < 4.78 is 8.30. The SMILES string of the molecule is O=COC(=O)Oc1ccc[nH]1. The van der Waals surface area contributed by atoms with Crippen molar-refractivity contribution in [2.24, 2.45) is 0 Å². The van der Waals surface area contributed by atoms with Gasteiger partial charge in [-0.15, -0.1) is 0 Å². The molecule has 0 saturated heterocycles. The first-order valence-electron chi connectivity index (χ1n) is 2.78. The van der Waals surface area contributed by atoms with Gasteiger partial charge in [0.05, 0.1) is 0 Å². The Balaban J connectivity index is 2.43. The zero-order valence-corrected chi connectivity index (χ0v) is 5.44. The highest BCUT2D eigenvalue weighted by Crippen LogP contribution is 2.04. The predicted molar refractivity (Wildman–Crippen MR) is 34.0 cm³/mol. The summed E-state index contributed by atoms with van der Waals surface area (Å²) in [4.78, 5) is 22.6. The Hall–Kier alpha value is -1.78. The van der Waals surface area contributed by atoms with E-state index in [-0.39, 0.29) is 12.4 Å². The molecule has 58 valence electrons. The van der Waals surface area contributed by atoms with E-state index < -0.39 is 6.16 Å². The second-order valence-corrected chi connectivity index (χ2v) is 1.60. The van der Waals surface area contributed by atoms with Gasteiger partial charge in [-0.1, -0.05) is 0 Å². The lowest BCUT2D eigenvalue weighted by molar-refractivity contribution is -0.124. The Bertz CT molecular complexity index is 241. The third-order valence-corrected chi connectivity index (χ3v) is 0.907. The minimum Gasteiger partial charge on any atom is -0.378 e. The molecular formula is C6H5NO4. The number of ether oxygens (including phenoxy) is 2. The zero-order chi connectivity index (χ0) is 8.10. The molecule has 0 bridgehead atoms. The van der Waals surface area contributed by atoms with Crippen LogP contribution in [-0.4, -0.2) is 17.6 Å². The molecule has 0 radical (unpaired) electrons. The van der Waals surface area contributed by atoms with Crippen LogP contribution in [0.25, 0.3) is 0 Å². The van der Waals surface area contributed by atoms with Gasteiger partial charge in [-0.05, 0) is 6.07 Å². The first-order chi connectivity index (χ1) is 5.33. The summed E-state index contributed by atoms with van der Waals surface area (Å²) in [5.74, 6) is 0.233. The molecule has 0 saturated carbocycles. The third kappa shape index (κ3) is 2.13. The molecule has 0 amide bonds. The number of rotatable bonds is 2. The summed E-state index contributed by atoms with van der Waals surface area (Å²) >= 11 is 0. The van der Waals surface area contributed by atoms with Gasteiger partial charge in [0.2, 0.25) is 5.88 Å². The van der Waals surface area contributed by atoms with Crippen molar-refractivity contribution in [3.05, 3.63) is 18.3 Å². The molecule has 0 spiro atoms. The summed E-state index contributed by atoms with van der Waals surface area (Å²) in [6.07, 6.45) is 0.520. The van der Waals surface area contributed by atoms with Gasteiger partial charge < -0.3 is 14.5 Å². The maximum atomic E-state index is 10.4. The molecular weight excluding hydrogens is 150 g/mol. The van der Waals surface area contributed by atoms with E-state index in [2.05, 4.69) is 14.5 Å². The summed E-state index contributed by atoms with van der Waals surface area (Å²) in [7, 11) is 0. The first kappa shape index (κ1) is 7.33. The number of hydrogen-bond donors (Lipinski definition) is 1. The second-order valence-electron chi connectivity index (χ2n) is 1.60. The maximum absolute atomic E-state index is 10.4. The molecule has 1 N–H and O–H groups in total. The van der Waals surface area contributed by atoms with Gasteiger partial charge >= 0.3 is 12.6 Å². The molecule has 5 heteroatoms. The van der Waals surface area contributed by atoms with Crippen LogP contribution in [0.2, 0.25) is 0 Å². The highest BCUT2D eigenvalue weighted by molar-refractivity contribution is 5.71. The van der Waals surface area contributed by atoms with E-state index in [1.807, 2.05) is 0 Å². The number of carbonyl (C=O) groups excluding carboxylic acids is 2. The summed E-state index contributed by atoms with van der Waals surface area (Å²) in [5.41, 5.74) is 0. The Morgan fingerprint density at radius 1 is 1.64 bits per heavy atom. The van der Waals surface area contributed by atoms with Crippen LogP contribution in [0.1, 0.15) is 0 Å².